The van der Waals surface area contributed by atoms with Crippen LogP contribution in [0.3, 0.4) is 0 Å². The van der Waals surface area contributed by atoms with Gasteiger partial charge in [-0.2, -0.15) is 0 Å². The van der Waals surface area contributed by atoms with Crippen molar-refractivity contribution in [2.45, 2.75) is 0 Å². The highest BCUT2D eigenvalue weighted by molar-refractivity contribution is 5.80. The van der Waals surface area contributed by atoms with Crippen molar-refractivity contribution in [3.8, 4) is 22.9 Å². The number of nitrogens with one attached hydrogen (secondary N) is 1. The van der Waals surface area contributed by atoms with Gasteiger partial charge in [0, 0.05) is 12.1 Å². The van der Waals surface area contributed by atoms with Crippen LogP contribution in [-0.4, -0.2) is 24.2 Å². The summed E-state index contributed by atoms with van der Waals surface area (Å²) in [6.45, 7) is 0. The summed E-state index contributed by atoms with van der Waals surface area (Å²) in [6, 6.07) is 10.2. The number of halogens is 1. The number of nitrogens with zero attached hydrogens (tertiary/aromatic N) is 1. The van der Waals surface area contributed by atoms with Crippen molar-refractivity contribution in [1.82, 2.24) is 9.97 Å². The van der Waals surface area contributed by atoms with Crippen molar-refractivity contribution in [3.63, 3.8) is 0 Å². The maximum atomic E-state index is 14.0. The van der Waals surface area contributed by atoms with Crippen LogP contribution in [0.4, 0.5) is 4.39 Å². The van der Waals surface area contributed by atoms with Gasteiger partial charge in [0.25, 0.3) is 0 Å². The molecule has 0 amide bonds. The van der Waals surface area contributed by atoms with Gasteiger partial charge in [-0.3, -0.25) is 0 Å². The first-order valence-corrected chi connectivity index (χ1v) is 6.09. The fourth-order valence-electron chi connectivity index (χ4n) is 2.06. The number of aromatic amines is 1. The number of benzene rings is 2. The molecule has 4 nitrogen and oxygen atoms in total. The summed E-state index contributed by atoms with van der Waals surface area (Å²) < 4.78 is 24.2. The lowest BCUT2D eigenvalue weighted by Gasteiger charge is -2.02. The second-order valence-electron chi connectivity index (χ2n) is 4.31. The Kier molecular flexibility index (Phi) is 3.02. The summed E-state index contributed by atoms with van der Waals surface area (Å²) in [5.74, 6) is 1.30. The minimum absolute atomic E-state index is 0.379. The van der Waals surface area contributed by atoms with Crippen LogP contribution < -0.4 is 9.47 Å². The molecule has 2 aromatic carbocycles. The number of H-pyrrole nitrogens is 1. The Labute approximate surface area is 115 Å². The fourth-order valence-corrected chi connectivity index (χ4v) is 2.06. The van der Waals surface area contributed by atoms with Crippen LogP contribution in [0.5, 0.6) is 11.5 Å². The highest BCUT2D eigenvalue weighted by Gasteiger charge is 2.11. The van der Waals surface area contributed by atoms with Crippen molar-refractivity contribution < 1.29 is 13.9 Å². The lowest BCUT2D eigenvalue weighted by molar-refractivity contribution is 0.411. The number of hydrogen-bond acceptors (Lipinski definition) is 3. The molecule has 0 spiro atoms. The molecule has 20 heavy (non-hydrogen) atoms. The minimum Gasteiger partial charge on any atom is -0.497 e. The second-order valence-corrected chi connectivity index (χ2v) is 4.31. The predicted octanol–water partition coefficient (Wildman–Crippen LogP) is 3.39. The first kappa shape index (κ1) is 12.5. The van der Waals surface area contributed by atoms with Gasteiger partial charge >= 0.3 is 0 Å². The number of rotatable bonds is 3. The standard InChI is InChI=1S/C15H13FN2O2/c1-19-9-3-5-11(12(16)7-9)15-17-13-6-4-10(20-2)8-14(13)18-15/h3-8H,1-2H3,(H,17,18). The van der Waals surface area contributed by atoms with Crippen LogP contribution in [0, 0.1) is 5.82 Å². The Morgan fingerprint density at radius 2 is 1.70 bits per heavy atom. The van der Waals surface area contributed by atoms with Crippen LogP contribution in [0.15, 0.2) is 36.4 Å². The van der Waals surface area contributed by atoms with E-state index in [1.807, 2.05) is 18.2 Å². The predicted molar refractivity (Wildman–Crippen MR) is 74.6 cm³/mol. The molecule has 102 valence electrons. The zero-order valence-corrected chi connectivity index (χ0v) is 11.1. The van der Waals surface area contributed by atoms with Gasteiger partial charge in [0.2, 0.25) is 0 Å². The van der Waals surface area contributed by atoms with Gasteiger partial charge in [-0.1, -0.05) is 0 Å². The van der Waals surface area contributed by atoms with Gasteiger partial charge in [0.1, 0.15) is 23.1 Å². The van der Waals surface area contributed by atoms with Crippen LogP contribution in [-0.2, 0) is 0 Å². The molecule has 0 aliphatic heterocycles. The largest absolute Gasteiger partial charge is 0.497 e. The third-order valence-electron chi connectivity index (χ3n) is 3.12. The first-order valence-electron chi connectivity index (χ1n) is 6.09. The monoisotopic (exact) mass is 272 g/mol. The van der Waals surface area contributed by atoms with Gasteiger partial charge in [-0.25, -0.2) is 9.37 Å². The molecule has 0 aliphatic carbocycles. The summed E-state index contributed by atoms with van der Waals surface area (Å²) >= 11 is 0. The molecule has 3 aromatic rings. The molecule has 1 aromatic heterocycles. The number of fused-ring (bicyclic) bond motifs is 1. The maximum Gasteiger partial charge on any atom is 0.141 e. The normalized spacial score (nSPS) is 10.8. The van der Waals surface area contributed by atoms with Gasteiger partial charge < -0.3 is 14.5 Å². The average Bonchev–Trinajstić information content (AvgIpc) is 2.89. The number of ether oxygens (including phenoxy) is 2. The van der Waals surface area contributed by atoms with Gasteiger partial charge in [-0.15, -0.1) is 0 Å². The van der Waals surface area contributed by atoms with E-state index in [0.29, 0.717) is 17.1 Å². The molecule has 1 N–H and O–H groups in total. The third-order valence-corrected chi connectivity index (χ3v) is 3.12. The van der Waals surface area contributed by atoms with Crippen molar-refractivity contribution in [1.29, 1.82) is 0 Å². The van der Waals surface area contributed by atoms with Crippen LogP contribution >= 0.6 is 0 Å². The van der Waals surface area contributed by atoms with Crippen molar-refractivity contribution in [2.75, 3.05) is 14.2 Å². The van der Waals surface area contributed by atoms with E-state index in [1.165, 1.54) is 13.2 Å². The summed E-state index contributed by atoms with van der Waals surface area (Å²) in [7, 11) is 3.10. The van der Waals surface area contributed by atoms with E-state index in [1.54, 1.807) is 19.2 Å². The van der Waals surface area contributed by atoms with E-state index in [-0.39, 0.29) is 5.82 Å². The van der Waals surface area contributed by atoms with E-state index in [4.69, 9.17) is 9.47 Å². The van der Waals surface area contributed by atoms with E-state index in [0.717, 1.165) is 16.8 Å². The lowest BCUT2D eigenvalue weighted by Crippen LogP contribution is -1.89. The summed E-state index contributed by atoms with van der Waals surface area (Å²) in [5, 5.41) is 0. The lowest BCUT2D eigenvalue weighted by atomic mass is 10.2. The topological polar surface area (TPSA) is 47.1 Å². The zero-order chi connectivity index (χ0) is 14.1. The number of methoxy groups -OCH3 is 2. The molecule has 0 bridgehead atoms. The molecule has 0 saturated carbocycles. The first-order chi connectivity index (χ1) is 9.71. The molecule has 0 fully saturated rings. The Morgan fingerprint density at radius 1 is 1.00 bits per heavy atom. The second kappa shape index (κ2) is 4.85. The van der Waals surface area contributed by atoms with Crippen LogP contribution in [0.25, 0.3) is 22.4 Å². The van der Waals surface area contributed by atoms with E-state index < -0.39 is 0 Å². The fraction of sp³-hybridized carbons (Fsp3) is 0.133. The summed E-state index contributed by atoms with van der Waals surface area (Å²) in [6.07, 6.45) is 0. The quantitative estimate of drug-likeness (QED) is 0.795. The van der Waals surface area contributed by atoms with Crippen LogP contribution in [0.2, 0.25) is 0 Å². The molecule has 0 radical (unpaired) electrons. The number of imidazole rings is 1. The Balaban J connectivity index is 2.10. The smallest absolute Gasteiger partial charge is 0.141 e. The molecule has 0 unspecified atom stereocenters. The van der Waals surface area contributed by atoms with Gasteiger partial charge in [0.15, 0.2) is 0 Å². The molecule has 0 aliphatic rings. The molecule has 0 atom stereocenters. The average molecular weight is 272 g/mol. The molecular formula is C15H13FN2O2. The highest BCUT2D eigenvalue weighted by Crippen LogP contribution is 2.27. The van der Waals surface area contributed by atoms with E-state index >= 15 is 0 Å². The van der Waals surface area contributed by atoms with E-state index in [9.17, 15) is 4.39 Å². The molecule has 1 heterocycles. The molecule has 0 saturated heterocycles. The Bertz CT molecular complexity index is 768. The van der Waals surface area contributed by atoms with E-state index in [2.05, 4.69) is 9.97 Å². The Morgan fingerprint density at radius 3 is 2.40 bits per heavy atom. The third kappa shape index (κ3) is 2.07. The van der Waals surface area contributed by atoms with Crippen molar-refractivity contribution in [2.24, 2.45) is 0 Å². The maximum absolute atomic E-state index is 14.0. The van der Waals surface area contributed by atoms with Crippen molar-refractivity contribution in [3.05, 3.63) is 42.2 Å². The highest BCUT2D eigenvalue weighted by atomic mass is 19.1. The molecule has 3 rings (SSSR count). The SMILES string of the molecule is COc1ccc(-c2nc3ccc(OC)cc3[nH]2)c(F)c1. The Hall–Kier alpha value is -2.56. The van der Waals surface area contributed by atoms with Crippen LogP contribution in [0.1, 0.15) is 0 Å². The number of aromatic nitrogens is 2. The summed E-state index contributed by atoms with van der Waals surface area (Å²) in [4.78, 5) is 7.48. The summed E-state index contributed by atoms with van der Waals surface area (Å²) in [5.41, 5.74) is 1.96. The zero-order valence-electron chi connectivity index (χ0n) is 11.1. The number of hydrogen-bond donors (Lipinski definition) is 1. The van der Waals surface area contributed by atoms with Crippen molar-refractivity contribution >= 4 is 11.0 Å². The van der Waals surface area contributed by atoms with Gasteiger partial charge in [-0.05, 0) is 24.3 Å². The molecular weight excluding hydrogens is 259 g/mol. The van der Waals surface area contributed by atoms with Gasteiger partial charge in [0.05, 0.1) is 30.8 Å². The minimum atomic E-state index is -0.379. The molecule has 5 heteroatoms.